The van der Waals surface area contributed by atoms with Crippen molar-refractivity contribution in [2.24, 2.45) is 0 Å². The quantitative estimate of drug-likeness (QED) is 0.271. The predicted molar refractivity (Wildman–Crippen MR) is 116 cm³/mol. The summed E-state index contributed by atoms with van der Waals surface area (Å²) in [5, 5.41) is 0. The molecule has 0 aliphatic carbocycles. The zero-order valence-electron chi connectivity index (χ0n) is 14.7. The minimum Gasteiger partial charge on any atom is -0.422 e. The summed E-state index contributed by atoms with van der Waals surface area (Å²) in [5.41, 5.74) is 2.37. The second kappa shape index (κ2) is 8.37. The molecule has 27 heavy (non-hydrogen) atoms. The van der Waals surface area contributed by atoms with Crippen LogP contribution < -0.4 is 4.74 Å². The van der Waals surface area contributed by atoms with Gasteiger partial charge in [-0.3, -0.25) is 9.69 Å². The number of hydrogen-bond donors (Lipinski definition) is 0. The molecule has 1 aliphatic heterocycles. The Hall–Kier alpha value is -1.96. The maximum Gasteiger partial charge on any atom is 0.343 e. The molecule has 0 aromatic heterocycles. The fourth-order valence-electron chi connectivity index (χ4n) is 2.46. The van der Waals surface area contributed by atoms with Crippen LogP contribution in [0.2, 0.25) is 0 Å². The maximum absolute atomic E-state index is 12.3. The predicted octanol–water partition coefficient (Wildman–Crippen LogP) is 5.20. The molecule has 138 valence electrons. The molecule has 0 N–H and O–H groups in total. The number of likely N-dealkylation sites (N-methyl/N-ethyl adjacent to an activating group) is 1. The first-order valence-electron chi connectivity index (χ1n) is 8.23. The molecule has 1 fully saturated rings. The Bertz CT molecular complexity index is 954. The molecule has 7 heteroatoms. The van der Waals surface area contributed by atoms with Gasteiger partial charge in [0.15, 0.2) is 0 Å². The molecule has 0 radical (unpaired) electrons. The molecule has 1 aliphatic rings. The maximum atomic E-state index is 12.3. The zero-order valence-corrected chi connectivity index (χ0v) is 17.9. The van der Waals surface area contributed by atoms with E-state index in [2.05, 4.69) is 15.9 Å². The Morgan fingerprint density at radius 3 is 2.56 bits per heavy atom. The van der Waals surface area contributed by atoms with Crippen molar-refractivity contribution in [1.29, 1.82) is 0 Å². The van der Waals surface area contributed by atoms with Gasteiger partial charge in [-0.2, -0.15) is 0 Å². The highest BCUT2D eigenvalue weighted by molar-refractivity contribution is 9.10. The lowest BCUT2D eigenvalue weighted by Gasteiger charge is -2.09. The normalized spacial score (nSPS) is 15.5. The van der Waals surface area contributed by atoms with Crippen LogP contribution in [-0.2, 0) is 4.79 Å². The van der Waals surface area contributed by atoms with Crippen LogP contribution in [0.4, 0.5) is 0 Å². The fraction of sp³-hybridized carbons (Fsp3) is 0.150. The zero-order chi connectivity index (χ0) is 19.6. The van der Waals surface area contributed by atoms with Crippen LogP contribution in [0, 0.1) is 6.92 Å². The number of aryl methyl sites for hydroxylation is 1. The first kappa shape index (κ1) is 19.8. The van der Waals surface area contributed by atoms with E-state index < -0.39 is 5.97 Å². The average Bonchev–Trinajstić information content (AvgIpc) is 2.90. The summed E-state index contributed by atoms with van der Waals surface area (Å²) < 4.78 is 6.65. The molecule has 3 rings (SSSR count). The second-order valence-electron chi connectivity index (χ2n) is 5.87. The molecule has 0 bridgehead atoms. The Morgan fingerprint density at radius 1 is 1.26 bits per heavy atom. The molecule has 1 amide bonds. The van der Waals surface area contributed by atoms with Gasteiger partial charge in [0.2, 0.25) is 0 Å². The number of benzene rings is 2. The van der Waals surface area contributed by atoms with E-state index in [9.17, 15) is 9.59 Å². The Labute approximate surface area is 175 Å². The molecule has 0 saturated carbocycles. The highest BCUT2D eigenvalue weighted by atomic mass is 79.9. The summed E-state index contributed by atoms with van der Waals surface area (Å²) in [7, 11) is 0. The summed E-state index contributed by atoms with van der Waals surface area (Å²) in [6, 6.07) is 12.5. The Balaban J connectivity index is 1.77. The van der Waals surface area contributed by atoms with E-state index in [-0.39, 0.29) is 5.91 Å². The summed E-state index contributed by atoms with van der Waals surface area (Å²) in [4.78, 5) is 26.7. The van der Waals surface area contributed by atoms with Gasteiger partial charge in [-0.15, -0.1) is 0 Å². The molecular weight excluding hydrogens is 446 g/mol. The van der Waals surface area contributed by atoms with E-state index >= 15 is 0 Å². The van der Waals surface area contributed by atoms with Gasteiger partial charge in [0.25, 0.3) is 5.91 Å². The highest BCUT2D eigenvalue weighted by Gasteiger charge is 2.30. The number of amides is 1. The van der Waals surface area contributed by atoms with Crippen molar-refractivity contribution in [3.05, 3.63) is 68.5 Å². The smallest absolute Gasteiger partial charge is 0.343 e. The van der Waals surface area contributed by atoms with E-state index in [1.54, 1.807) is 41.3 Å². The van der Waals surface area contributed by atoms with Gasteiger partial charge < -0.3 is 4.74 Å². The summed E-state index contributed by atoms with van der Waals surface area (Å²) in [6.45, 7) is 4.40. The first-order chi connectivity index (χ1) is 12.9. The number of carbonyl (C=O) groups excluding carboxylic acids is 2. The average molecular weight is 462 g/mol. The molecular formula is C20H16BrNO3S2. The van der Waals surface area contributed by atoms with E-state index in [4.69, 9.17) is 17.0 Å². The van der Waals surface area contributed by atoms with Crippen molar-refractivity contribution >= 4 is 62.2 Å². The lowest BCUT2D eigenvalue weighted by atomic mass is 10.1. The van der Waals surface area contributed by atoms with E-state index in [1.807, 2.05) is 26.0 Å². The molecule has 0 unspecified atom stereocenters. The Kier molecular flexibility index (Phi) is 6.14. The SMILES string of the molecule is CCN1C(=O)C(=Cc2ccc(OC(=O)c3ccc(C)cc3)c(Br)c2)SC1=S. The van der Waals surface area contributed by atoms with E-state index in [1.165, 1.54) is 11.8 Å². The minimum absolute atomic E-state index is 0.0847. The molecule has 1 saturated heterocycles. The highest BCUT2D eigenvalue weighted by Crippen LogP contribution is 2.34. The summed E-state index contributed by atoms with van der Waals surface area (Å²) in [6.07, 6.45) is 1.78. The van der Waals surface area contributed by atoms with Gasteiger partial charge >= 0.3 is 5.97 Å². The topological polar surface area (TPSA) is 46.6 Å². The number of carbonyl (C=O) groups is 2. The van der Waals surface area contributed by atoms with Crippen molar-refractivity contribution in [1.82, 2.24) is 4.90 Å². The number of nitrogens with zero attached hydrogens (tertiary/aromatic N) is 1. The third-order valence-corrected chi connectivity index (χ3v) is 5.93. The second-order valence-corrected chi connectivity index (χ2v) is 8.40. The van der Waals surface area contributed by atoms with Gasteiger partial charge in [-0.05, 0) is 65.7 Å². The first-order valence-corrected chi connectivity index (χ1v) is 10.2. The molecule has 0 atom stereocenters. The number of rotatable bonds is 4. The van der Waals surface area contributed by atoms with Crippen LogP contribution in [-0.4, -0.2) is 27.6 Å². The largest absolute Gasteiger partial charge is 0.422 e. The van der Waals surface area contributed by atoms with Crippen LogP contribution in [0.25, 0.3) is 6.08 Å². The lowest BCUT2D eigenvalue weighted by molar-refractivity contribution is -0.121. The number of esters is 1. The number of thiocarbonyl (C=S) groups is 1. The standard InChI is InChI=1S/C20H16BrNO3S2/c1-3-22-18(23)17(27-20(22)26)11-13-6-9-16(15(21)10-13)25-19(24)14-7-4-12(2)5-8-14/h4-11H,3H2,1-2H3. The van der Waals surface area contributed by atoms with Crippen LogP contribution in [0.15, 0.2) is 51.8 Å². The van der Waals surface area contributed by atoms with Gasteiger partial charge in [-0.25, -0.2) is 4.79 Å². The van der Waals surface area contributed by atoms with Gasteiger partial charge in [-0.1, -0.05) is 47.7 Å². The van der Waals surface area contributed by atoms with Crippen LogP contribution in [0.5, 0.6) is 5.75 Å². The molecule has 4 nitrogen and oxygen atoms in total. The molecule has 2 aromatic carbocycles. The van der Waals surface area contributed by atoms with Crippen LogP contribution in [0.3, 0.4) is 0 Å². The van der Waals surface area contributed by atoms with Gasteiger partial charge in [0.05, 0.1) is 14.9 Å². The third-order valence-electron chi connectivity index (χ3n) is 3.93. The molecule has 1 heterocycles. The van der Waals surface area contributed by atoms with Crippen molar-refractivity contribution in [3.8, 4) is 5.75 Å². The summed E-state index contributed by atoms with van der Waals surface area (Å²) >= 11 is 9.93. The Morgan fingerprint density at radius 2 is 1.96 bits per heavy atom. The van der Waals surface area contributed by atoms with Crippen LogP contribution in [0.1, 0.15) is 28.4 Å². The van der Waals surface area contributed by atoms with E-state index in [0.717, 1.165) is 11.1 Å². The number of thioether (sulfide) groups is 1. The third kappa shape index (κ3) is 4.48. The van der Waals surface area contributed by atoms with Gasteiger partial charge in [0, 0.05) is 6.54 Å². The van der Waals surface area contributed by atoms with Crippen molar-refractivity contribution in [2.45, 2.75) is 13.8 Å². The van der Waals surface area contributed by atoms with Gasteiger partial charge in [0.1, 0.15) is 10.1 Å². The molecule has 0 spiro atoms. The molecule has 2 aromatic rings. The fourth-order valence-corrected chi connectivity index (χ4v) is 4.32. The lowest BCUT2D eigenvalue weighted by Crippen LogP contribution is -2.27. The number of hydrogen-bond acceptors (Lipinski definition) is 5. The monoisotopic (exact) mass is 461 g/mol. The number of ether oxygens (including phenoxy) is 1. The van der Waals surface area contributed by atoms with Crippen LogP contribution >= 0.6 is 39.9 Å². The van der Waals surface area contributed by atoms with Crippen molar-refractivity contribution in [3.63, 3.8) is 0 Å². The minimum atomic E-state index is -0.424. The van der Waals surface area contributed by atoms with Crippen molar-refractivity contribution < 1.29 is 14.3 Å². The number of halogens is 1. The summed E-state index contributed by atoms with van der Waals surface area (Å²) in [5.74, 6) is -0.0930. The van der Waals surface area contributed by atoms with E-state index in [0.29, 0.717) is 31.6 Å². The van der Waals surface area contributed by atoms with Crippen molar-refractivity contribution in [2.75, 3.05) is 6.54 Å².